The van der Waals surface area contributed by atoms with Crippen molar-refractivity contribution in [2.24, 2.45) is 5.41 Å². The van der Waals surface area contributed by atoms with E-state index >= 15 is 0 Å². The zero-order chi connectivity index (χ0) is 14.1. The normalized spacial score (nSPS) is 20.7. The summed E-state index contributed by atoms with van der Waals surface area (Å²) in [7, 11) is 0. The molecule has 0 aliphatic heterocycles. The number of hydrogen-bond donors (Lipinski definition) is 0. The predicted molar refractivity (Wildman–Crippen MR) is 82.9 cm³/mol. The molecule has 0 N–H and O–H groups in total. The van der Waals surface area contributed by atoms with E-state index in [9.17, 15) is 0 Å². The molecule has 2 aliphatic carbocycles. The van der Waals surface area contributed by atoms with Gasteiger partial charge in [-0.3, -0.25) is 0 Å². The zero-order valence-corrected chi connectivity index (χ0v) is 13.5. The third-order valence-electron chi connectivity index (χ3n) is 5.11. The van der Waals surface area contributed by atoms with Crippen LogP contribution in [0.4, 0.5) is 0 Å². The van der Waals surface area contributed by atoms with Gasteiger partial charge in [-0.2, -0.15) is 0 Å². The van der Waals surface area contributed by atoms with Crippen LogP contribution < -0.4 is 0 Å². The quantitative estimate of drug-likeness (QED) is 0.601. The summed E-state index contributed by atoms with van der Waals surface area (Å²) in [6.45, 7) is 14.2. The largest absolute Gasteiger partial charge is 0.0579 e. The van der Waals surface area contributed by atoms with Gasteiger partial charge in [0.2, 0.25) is 0 Å². The van der Waals surface area contributed by atoms with Gasteiger partial charge in [-0.1, -0.05) is 53.7 Å². The van der Waals surface area contributed by atoms with E-state index in [0.717, 1.165) is 0 Å². The summed E-state index contributed by atoms with van der Waals surface area (Å²) in [5, 5.41) is 0. The lowest BCUT2D eigenvalue weighted by Gasteiger charge is -2.28. The van der Waals surface area contributed by atoms with E-state index in [4.69, 9.17) is 0 Å². The minimum Gasteiger partial charge on any atom is -0.0579 e. The Kier molecular flexibility index (Phi) is 2.54. The summed E-state index contributed by atoms with van der Waals surface area (Å²) in [6, 6.07) is 4.83. The molecule has 0 nitrogen and oxygen atoms in total. The van der Waals surface area contributed by atoms with Gasteiger partial charge in [0.15, 0.2) is 0 Å². The average Bonchev–Trinajstić information content (AvgIpc) is 2.86. The molecule has 1 aromatic carbocycles. The van der Waals surface area contributed by atoms with Crippen LogP contribution in [0.15, 0.2) is 12.1 Å². The molecule has 0 radical (unpaired) electrons. The van der Waals surface area contributed by atoms with Crippen LogP contribution in [0.3, 0.4) is 0 Å². The van der Waals surface area contributed by atoms with Crippen molar-refractivity contribution in [3.8, 4) is 0 Å². The van der Waals surface area contributed by atoms with Crippen LogP contribution in [-0.2, 0) is 23.7 Å². The monoisotopic (exact) mass is 256 g/mol. The number of benzene rings is 1. The van der Waals surface area contributed by atoms with Gasteiger partial charge >= 0.3 is 0 Å². The highest BCUT2D eigenvalue weighted by molar-refractivity contribution is 5.51. The molecule has 1 aromatic rings. The van der Waals surface area contributed by atoms with Gasteiger partial charge in [0.05, 0.1) is 0 Å². The van der Waals surface area contributed by atoms with Gasteiger partial charge in [-0.25, -0.2) is 0 Å². The number of fused-ring (bicyclic) bond motifs is 1. The van der Waals surface area contributed by atoms with E-state index in [1.165, 1.54) is 25.7 Å². The lowest BCUT2D eigenvalue weighted by Crippen LogP contribution is -2.19. The topological polar surface area (TPSA) is 0 Å². The first-order valence-electron chi connectivity index (χ1n) is 7.78. The number of hydrogen-bond acceptors (Lipinski definition) is 0. The van der Waals surface area contributed by atoms with Gasteiger partial charge in [-0.15, -0.1) is 0 Å². The Balaban J connectivity index is 2.18. The lowest BCUT2D eigenvalue weighted by atomic mass is 9.77. The second-order valence-corrected chi connectivity index (χ2v) is 8.97. The van der Waals surface area contributed by atoms with Crippen LogP contribution in [0.1, 0.15) is 76.6 Å². The number of rotatable bonds is 0. The molecule has 0 heterocycles. The van der Waals surface area contributed by atoms with E-state index in [1.807, 2.05) is 0 Å². The molecule has 0 heteroatoms. The van der Waals surface area contributed by atoms with Crippen LogP contribution in [0.2, 0.25) is 0 Å². The average molecular weight is 256 g/mol. The van der Waals surface area contributed by atoms with Crippen molar-refractivity contribution in [3.05, 3.63) is 34.4 Å². The molecule has 2 aliphatic rings. The van der Waals surface area contributed by atoms with Crippen molar-refractivity contribution in [1.82, 2.24) is 0 Å². The molecule has 0 amide bonds. The van der Waals surface area contributed by atoms with E-state index in [-0.39, 0.29) is 10.8 Å². The molecule has 1 saturated carbocycles. The fraction of sp³-hybridized carbons (Fsp3) is 0.684. The Morgan fingerprint density at radius 3 is 1.37 bits per heavy atom. The molecular formula is C19H28. The van der Waals surface area contributed by atoms with E-state index in [0.29, 0.717) is 5.41 Å². The summed E-state index contributed by atoms with van der Waals surface area (Å²) in [6.07, 6.45) is 5.60. The Morgan fingerprint density at radius 2 is 1.11 bits per heavy atom. The first-order chi connectivity index (χ1) is 8.62. The van der Waals surface area contributed by atoms with Crippen LogP contribution in [-0.4, -0.2) is 0 Å². The zero-order valence-electron chi connectivity index (χ0n) is 13.5. The van der Waals surface area contributed by atoms with Crippen molar-refractivity contribution >= 4 is 0 Å². The Morgan fingerprint density at radius 1 is 0.737 bits per heavy atom. The Labute approximate surface area is 118 Å². The van der Waals surface area contributed by atoms with Gasteiger partial charge in [-0.05, 0) is 64.2 Å². The van der Waals surface area contributed by atoms with Crippen molar-refractivity contribution in [2.75, 3.05) is 0 Å². The highest BCUT2D eigenvalue weighted by Gasteiger charge is 2.49. The molecule has 0 bridgehead atoms. The molecule has 0 atom stereocenters. The maximum absolute atomic E-state index is 2.42. The van der Waals surface area contributed by atoms with Gasteiger partial charge in [0, 0.05) is 0 Å². The first kappa shape index (κ1) is 13.2. The smallest absolute Gasteiger partial charge is 0.0129 e. The summed E-state index contributed by atoms with van der Waals surface area (Å²) in [5.74, 6) is 0. The second kappa shape index (κ2) is 3.65. The van der Waals surface area contributed by atoms with Gasteiger partial charge in [0.25, 0.3) is 0 Å². The molecule has 0 saturated heterocycles. The third kappa shape index (κ3) is 2.14. The van der Waals surface area contributed by atoms with E-state index in [1.54, 1.807) is 22.3 Å². The molecule has 0 unspecified atom stereocenters. The summed E-state index contributed by atoms with van der Waals surface area (Å²) < 4.78 is 0. The standard InChI is InChI=1S/C19H28/c1-17(2,3)15-7-8-16(18(4,5)6)14-12-19(9-10-19)11-13(14)15/h7-8H,9-12H2,1-6H3. The summed E-state index contributed by atoms with van der Waals surface area (Å²) >= 11 is 0. The van der Waals surface area contributed by atoms with Crippen LogP contribution >= 0.6 is 0 Å². The maximum atomic E-state index is 2.42. The minimum atomic E-state index is 0.279. The highest BCUT2D eigenvalue weighted by atomic mass is 14.5. The molecule has 1 spiro atoms. The van der Waals surface area contributed by atoms with Gasteiger partial charge in [0.1, 0.15) is 0 Å². The lowest BCUT2D eigenvalue weighted by molar-refractivity contribution is 0.533. The Hall–Kier alpha value is -0.780. The van der Waals surface area contributed by atoms with Crippen LogP contribution in [0, 0.1) is 5.41 Å². The fourth-order valence-electron chi connectivity index (χ4n) is 3.84. The highest BCUT2D eigenvalue weighted by Crippen LogP contribution is 2.58. The summed E-state index contributed by atoms with van der Waals surface area (Å²) in [4.78, 5) is 0. The third-order valence-corrected chi connectivity index (χ3v) is 5.11. The van der Waals surface area contributed by atoms with E-state index < -0.39 is 0 Å². The fourth-order valence-corrected chi connectivity index (χ4v) is 3.84. The van der Waals surface area contributed by atoms with Crippen LogP contribution in [0.5, 0.6) is 0 Å². The van der Waals surface area contributed by atoms with Crippen LogP contribution in [0.25, 0.3) is 0 Å². The molecular weight excluding hydrogens is 228 g/mol. The van der Waals surface area contributed by atoms with Crippen molar-refractivity contribution in [1.29, 1.82) is 0 Å². The van der Waals surface area contributed by atoms with Gasteiger partial charge < -0.3 is 0 Å². The van der Waals surface area contributed by atoms with E-state index in [2.05, 4.69) is 53.7 Å². The molecule has 104 valence electrons. The second-order valence-electron chi connectivity index (χ2n) is 8.97. The SMILES string of the molecule is CC(C)(C)c1ccc(C(C)(C)C)c2c1CC1(CC1)C2. The van der Waals surface area contributed by atoms with Crippen molar-refractivity contribution in [3.63, 3.8) is 0 Å². The molecule has 1 fully saturated rings. The maximum Gasteiger partial charge on any atom is -0.0129 e. The predicted octanol–water partition coefficient (Wildman–Crippen LogP) is 5.16. The first-order valence-corrected chi connectivity index (χ1v) is 7.78. The molecule has 3 rings (SSSR count). The summed E-state index contributed by atoms with van der Waals surface area (Å²) in [5.41, 5.74) is 7.83. The van der Waals surface area contributed by atoms with Crippen molar-refractivity contribution < 1.29 is 0 Å². The molecule has 19 heavy (non-hydrogen) atoms. The molecule has 0 aromatic heterocycles. The van der Waals surface area contributed by atoms with Crippen molar-refractivity contribution in [2.45, 2.75) is 78.1 Å². The minimum absolute atomic E-state index is 0.279. The Bertz CT molecular complexity index is 471.